The highest BCUT2D eigenvalue weighted by molar-refractivity contribution is 5.75. The fourth-order valence-electron chi connectivity index (χ4n) is 1.90. The maximum Gasteiger partial charge on any atom is 0.243 e. The van der Waals surface area contributed by atoms with Gasteiger partial charge in [0.05, 0.1) is 6.61 Å². The van der Waals surface area contributed by atoms with Crippen molar-refractivity contribution in [3.63, 3.8) is 0 Å². The van der Waals surface area contributed by atoms with Gasteiger partial charge in [-0.1, -0.05) is 29.8 Å². The summed E-state index contributed by atoms with van der Waals surface area (Å²) in [4.78, 5) is 13.1. The second-order valence-corrected chi connectivity index (χ2v) is 5.10. The number of carbonyl (C=O) groups is 1. The molecule has 0 aliphatic carbocycles. The molecule has 8 nitrogen and oxygen atoms in total. The highest BCUT2D eigenvalue weighted by Gasteiger charge is 2.08. The molecular weight excluding hydrogens is 296 g/mol. The number of tetrazole rings is 1. The number of rotatable bonds is 9. The Morgan fingerprint density at radius 2 is 2.00 bits per heavy atom. The lowest BCUT2D eigenvalue weighted by Gasteiger charge is -2.05. The van der Waals surface area contributed by atoms with E-state index < -0.39 is 0 Å². The average molecular weight is 318 g/mol. The van der Waals surface area contributed by atoms with Crippen LogP contribution in [0.25, 0.3) is 11.4 Å². The van der Waals surface area contributed by atoms with Gasteiger partial charge in [0.1, 0.15) is 6.54 Å². The summed E-state index contributed by atoms with van der Waals surface area (Å²) >= 11 is 0. The van der Waals surface area contributed by atoms with Gasteiger partial charge in [-0.2, -0.15) is 4.80 Å². The molecule has 124 valence electrons. The minimum absolute atomic E-state index is 0.0525. The summed E-state index contributed by atoms with van der Waals surface area (Å²) in [5.41, 5.74) is 2.05. The zero-order chi connectivity index (χ0) is 16.5. The molecule has 0 aliphatic heterocycles. The van der Waals surface area contributed by atoms with Gasteiger partial charge in [0.2, 0.25) is 11.7 Å². The lowest BCUT2D eigenvalue weighted by atomic mass is 10.1. The molecule has 23 heavy (non-hydrogen) atoms. The maximum absolute atomic E-state index is 11.8. The van der Waals surface area contributed by atoms with E-state index >= 15 is 0 Å². The molecule has 0 fully saturated rings. The molecule has 2 rings (SSSR count). The quantitative estimate of drug-likeness (QED) is 0.632. The third-order valence-corrected chi connectivity index (χ3v) is 3.15. The van der Waals surface area contributed by atoms with Crippen LogP contribution in [0.1, 0.15) is 5.56 Å². The number of methoxy groups -OCH3 is 1. The van der Waals surface area contributed by atoms with E-state index in [4.69, 9.17) is 4.74 Å². The standard InChI is InChI=1S/C15H22N6O2/c1-12-3-5-13(6-4-12)15-18-20-21(19-15)11-14(22)17-8-7-16-9-10-23-2/h3-6,16H,7-11H2,1-2H3,(H,17,22). The number of aromatic nitrogens is 4. The fraction of sp³-hybridized carbons (Fsp3) is 0.467. The number of nitrogens with one attached hydrogen (secondary N) is 2. The summed E-state index contributed by atoms with van der Waals surface area (Å²) in [5, 5.41) is 18.0. The van der Waals surface area contributed by atoms with E-state index in [9.17, 15) is 4.79 Å². The van der Waals surface area contributed by atoms with Crippen LogP contribution >= 0.6 is 0 Å². The zero-order valence-electron chi connectivity index (χ0n) is 13.5. The molecule has 0 saturated heterocycles. The number of hydrogen-bond acceptors (Lipinski definition) is 6. The average Bonchev–Trinajstić information content (AvgIpc) is 3.00. The molecular formula is C15H22N6O2. The first-order chi connectivity index (χ1) is 11.2. The number of hydrogen-bond donors (Lipinski definition) is 2. The second kappa shape index (κ2) is 8.96. The number of nitrogens with zero attached hydrogens (tertiary/aromatic N) is 4. The van der Waals surface area contributed by atoms with Crippen molar-refractivity contribution in [2.24, 2.45) is 0 Å². The van der Waals surface area contributed by atoms with Crippen LogP contribution in [0.15, 0.2) is 24.3 Å². The van der Waals surface area contributed by atoms with E-state index in [0.29, 0.717) is 25.5 Å². The van der Waals surface area contributed by atoms with Gasteiger partial charge in [-0.15, -0.1) is 10.2 Å². The van der Waals surface area contributed by atoms with E-state index in [-0.39, 0.29) is 12.5 Å². The molecule has 8 heteroatoms. The van der Waals surface area contributed by atoms with Crippen LogP contribution in [0.3, 0.4) is 0 Å². The predicted octanol–water partition coefficient (Wildman–Crippen LogP) is 0.000720. The molecule has 0 spiro atoms. The first kappa shape index (κ1) is 17.0. The molecule has 1 aromatic heterocycles. The molecule has 1 heterocycles. The van der Waals surface area contributed by atoms with Gasteiger partial charge in [-0.25, -0.2) is 0 Å². The summed E-state index contributed by atoms with van der Waals surface area (Å²) in [6.07, 6.45) is 0. The zero-order valence-corrected chi connectivity index (χ0v) is 13.5. The van der Waals surface area contributed by atoms with Crippen LogP contribution < -0.4 is 10.6 Å². The maximum atomic E-state index is 11.8. The van der Waals surface area contributed by atoms with Gasteiger partial charge in [0, 0.05) is 32.3 Å². The topological polar surface area (TPSA) is 94.0 Å². The van der Waals surface area contributed by atoms with Gasteiger partial charge in [0.25, 0.3) is 0 Å². The van der Waals surface area contributed by atoms with Crippen molar-refractivity contribution in [3.8, 4) is 11.4 Å². The molecule has 0 unspecified atom stereocenters. The Morgan fingerprint density at radius 3 is 2.74 bits per heavy atom. The van der Waals surface area contributed by atoms with E-state index in [1.165, 1.54) is 10.4 Å². The monoisotopic (exact) mass is 318 g/mol. The molecule has 0 bridgehead atoms. The Morgan fingerprint density at radius 1 is 1.22 bits per heavy atom. The minimum atomic E-state index is -0.147. The molecule has 0 aliphatic rings. The molecule has 0 radical (unpaired) electrons. The Labute approximate surface area is 135 Å². The first-order valence-corrected chi connectivity index (χ1v) is 7.50. The van der Waals surface area contributed by atoms with Gasteiger partial charge >= 0.3 is 0 Å². The smallest absolute Gasteiger partial charge is 0.243 e. The number of carbonyl (C=O) groups excluding carboxylic acids is 1. The predicted molar refractivity (Wildman–Crippen MR) is 85.7 cm³/mol. The Hall–Kier alpha value is -2.32. The van der Waals surface area contributed by atoms with Crippen LogP contribution in [0.4, 0.5) is 0 Å². The normalized spacial score (nSPS) is 10.7. The molecule has 1 aromatic carbocycles. The molecule has 0 saturated carbocycles. The summed E-state index contributed by atoms with van der Waals surface area (Å²) in [6.45, 7) is 4.71. The van der Waals surface area contributed by atoms with E-state index in [2.05, 4.69) is 26.0 Å². The van der Waals surface area contributed by atoms with Crippen LogP contribution in [-0.2, 0) is 16.1 Å². The molecule has 1 amide bonds. The van der Waals surface area contributed by atoms with Crippen LogP contribution in [-0.4, -0.2) is 59.5 Å². The minimum Gasteiger partial charge on any atom is -0.383 e. The van der Waals surface area contributed by atoms with Crippen LogP contribution in [0.5, 0.6) is 0 Å². The number of ether oxygens (including phenoxy) is 1. The lowest BCUT2D eigenvalue weighted by Crippen LogP contribution is -2.35. The Bertz CT molecular complexity index is 611. The van der Waals surface area contributed by atoms with Crippen molar-refractivity contribution in [2.75, 3.05) is 33.4 Å². The number of amides is 1. The van der Waals surface area contributed by atoms with Crippen molar-refractivity contribution in [1.82, 2.24) is 30.8 Å². The summed E-state index contributed by atoms with van der Waals surface area (Å²) in [6, 6.07) is 7.84. The van der Waals surface area contributed by atoms with Gasteiger partial charge in [-0.3, -0.25) is 4.79 Å². The Kier molecular flexibility index (Phi) is 6.64. The molecule has 0 atom stereocenters. The van der Waals surface area contributed by atoms with Crippen molar-refractivity contribution in [3.05, 3.63) is 29.8 Å². The van der Waals surface area contributed by atoms with E-state index in [1.807, 2.05) is 31.2 Å². The summed E-state index contributed by atoms with van der Waals surface area (Å²) < 4.78 is 4.92. The van der Waals surface area contributed by atoms with E-state index in [0.717, 1.165) is 12.1 Å². The third kappa shape index (κ3) is 5.76. The van der Waals surface area contributed by atoms with Gasteiger partial charge in [0.15, 0.2) is 0 Å². The van der Waals surface area contributed by atoms with Crippen molar-refractivity contribution in [2.45, 2.75) is 13.5 Å². The van der Waals surface area contributed by atoms with Gasteiger partial charge in [-0.05, 0) is 12.1 Å². The van der Waals surface area contributed by atoms with Crippen molar-refractivity contribution in [1.29, 1.82) is 0 Å². The Balaban J connectivity index is 1.75. The molecule has 2 aromatic rings. The van der Waals surface area contributed by atoms with Crippen LogP contribution in [0, 0.1) is 6.92 Å². The second-order valence-electron chi connectivity index (χ2n) is 5.10. The third-order valence-electron chi connectivity index (χ3n) is 3.15. The number of benzene rings is 1. The first-order valence-electron chi connectivity index (χ1n) is 7.50. The van der Waals surface area contributed by atoms with Gasteiger partial charge < -0.3 is 15.4 Å². The van der Waals surface area contributed by atoms with Crippen molar-refractivity contribution < 1.29 is 9.53 Å². The lowest BCUT2D eigenvalue weighted by molar-refractivity contribution is -0.122. The van der Waals surface area contributed by atoms with Crippen LogP contribution in [0.2, 0.25) is 0 Å². The SMILES string of the molecule is COCCNCCNC(=O)Cn1nnc(-c2ccc(C)cc2)n1. The fourth-order valence-corrected chi connectivity index (χ4v) is 1.90. The highest BCUT2D eigenvalue weighted by atomic mass is 16.5. The largest absolute Gasteiger partial charge is 0.383 e. The molecule has 2 N–H and O–H groups in total. The summed E-state index contributed by atoms with van der Waals surface area (Å²) in [7, 11) is 1.65. The van der Waals surface area contributed by atoms with E-state index in [1.54, 1.807) is 7.11 Å². The van der Waals surface area contributed by atoms with Crippen molar-refractivity contribution >= 4 is 5.91 Å². The number of aryl methyl sites for hydroxylation is 1. The summed E-state index contributed by atoms with van der Waals surface area (Å²) in [5.74, 6) is 0.366. The highest BCUT2D eigenvalue weighted by Crippen LogP contribution is 2.13.